The Balaban J connectivity index is 2.70. The Morgan fingerprint density at radius 2 is 1.80 bits per heavy atom. The van der Waals surface area contributed by atoms with E-state index in [2.05, 4.69) is 15.3 Å². The first-order valence-electron chi connectivity index (χ1n) is 6.80. The number of nitrogens with zero attached hydrogens (tertiary/aromatic N) is 2. The Bertz CT molecular complexity index is 627. The molecular weight excluding hydrogens is 253 g/mol. The van der Waals surface area contributed by atoms with Crippen LogP contribution in [0.25, 0.3) is 11.3 Å². The summed E-state index contributed by atoms with van der Waals surface area (Å²) in [5.74, 6) is 1.18. The van der Waals surface area contributed by atoms with E-state index in [4.69, 9.17) is 0 Å². The molecule has 4 heteroatoms. The topological polar surface area (TPSA) is 37.8 Å². The van der Waals surface area contributed by atoms with Gasteiger partial charge in [0.25, 0.3) is 0 Å². The molecule has 0 aliphatic rings. The molecule has 0 radical (unpaired) electrons. The SMILES string of the molecule is CCNc1nc(C)nc(-c2c(C)cc(C)cc2F)c1C. The van der Waals surface area contributed by atoms with Gasteiger partial charge in [-0.15, -0.1) is 0 Å². The van der Waals surface area contributed by atoms with Gasteiger partial charge in [0.1, 0.15) is 17.5 Å². The fourth-order valence-electron chi connectivity index (χ4n) is 2.43. The van der Waals surface area contributed by atoms with Crippen molar-refractivity contribution in [1.82, 2.24) is 9.97 Å². The molecule has 0 amide bonds. The largest absolute Gasteiger partial charge is 0.370 e. The third kappa shape index (κ3) is 2.64. The van der Waals surface area contributed by atoms with Gasteiger partial charge in [-0.25, -0.2) is 14.4 Å². The summed E-state index contributed by atoms with van der Waals surface area (Å²) in [6.07, 6.45) is 0. The molecule has 0 saturated heterocycles. The molecule has 0 fully saturated rings. The zero-order chi connectivity index (χ0) is 14.9. The van der Waals surface area contributed by atoms with Crippen LogP contribution in [0.3, 0.4) is 0 Å². The van der Waals surface area contributed by atoms with Crippen molar-refractivity contribution in [1.29, 1.82) is 0 Å². The predicted octanol–water partition coefficient (Wildman–Crippen LogP) is 3.95. The monoisotopic (exact) mass is 273 g/mol. The average molecular weight is 273 g/mol. The summed E-state index contributed by atoms with van der Waals surface area (Å²) < 4.78 is 14.3. The number of aromatic nitrogens is 2. The number of hydrogen-bond acceptors (Lipinski definition) is 3. The Kier molecular flexibility index (Phi) is 4.02. The van der Waals surface area contributed by atoms with Crippen molar-refractivity contribution in [2.75, 3.05) is 11.9 Å². The number of nitrogens with one attached hydrogen (secondary N) is 1. The second-order valence-electron chi connectivity index (χ2n) is 5.06. The lowest BCUT2D eigenvalue weighted by Crippen LogP contribution is -2.07. The number of halogens is 1. The van der Waals surface area contributed by atoms with Gasteiger partial charge >= 0.3 is 0 Å². The lowest BCUT2D eigenvalue weighted by molar-refractivity contribution is 0.628. The summed E-state index contributed by atoms with van der Waals surface area (Å²) in [4.78, 5) is 8.83. The van der Waals surface area contributed by atoms with Crippen LogP contribution in [-0.2, 0) is 0 Å². The summed E-state index contributed by atoms with van der Waals surface area (Å²) >= 11 is 0. The summed E-state index contributed by atoms with van der Waals surface area (Å²) in [5.41, 5.74) is 3.93. The molecule has 0 saturated carbocycles. The van der Waals surface area contributed by atoms with Crippen LogP contribution in [0.1, 0.15) is 29.4 Å². The summed E-state index contributed by atoms with van der Waals surface area (Å²) in [7, 11) is 0. The van der Waals surface area contributed by atoms with Crippen molar-refractivity contribution in [3.05, 3.63) is 40.5 Å². The summed E-state index contributed by atoms with van der Waals surface area (Å²) in [6, 6.07) is 3.52. The molecule has 20 heavy (non-hydrogen) atoms. The molecule has 0 atom stereocenters. The molecule has 0 unspecified atom stereocenters. The fraction of sp³-hybridized carbons (Fsp3) is 0.375. The normalized spacial score (nSPS) is 10.7. The highest BCUT2D eigenvalue weighted by molar-refractivity contribution is 5.71. The number of rotatable bonds is 3. The number of anilines is 1. The van der Waals surface area contributed by atoms with E-state index in [1.54, 1.807) is 6.07 Å². The Hall–Kier alpha value is -1.97. The lowest BCUT2D eigenvalue weighted by Gasteiger charge is -2.15. The maximum atomic E-state index is 14.3. The van der Waals surface area contributed by atoms with Gasteiger partial charge in [0, 0.05) is 17.7 Å². The van der Waals surface area contributed by atoms with E-state index in [9.17, 15) is 4.39 Å². The van der Waals surface area contributed by atoms with Crippen molar-refractivity contribution >= 4 is 5.82 Å². The molecule has 2 aromatic rings. The van der Waals surface area contributed by atoms with Crippen LogP contribution in [0, 0.1) is 33.5 Å². The van der Waals surface area contributed by atoms with Crippen LogP contribution in [0.5, 0.6) is 0 Å². The van der Waals surface area contributed by atoms with E-state index in [0.717, 1.165) is 29.1 Å². The maximum Gasteiger partial charge on any atom is 0.133 e. The molecule has 0 aliphatic carbocycles. The molecule has 1 N–H and O–H groups in total. The van der Waals surface area contributed by atoms with Crippen LogP contribution in [0.4, 0.5) is 10.2 Å². The number of benzene rings is 1. The highest BCUT2D eigenvalue weighted by Gasteiger charge is 2.16. The molecule has 0 spiro atoms. The Morgan fingerprint density at radius 3 is 2.40 bits per heavy atom. The third-order valence-corrected chi connectivity index (χ3v) is 3.27. The van der Waals surface area contributed by atoms with E-state index in [1.165, 1.54) is 0 Å². The minimum Gasteiger partial charge on any atom is -0.370 e. The molecule has 1 aromatic heterocycles. The predicted molar refractivity (Wildman–Crippen MR) is 80.5 cm³/mol. The van der Waals surface area contributed by atoms with Crippen LogP contribution in [0.15, 0.2) is 12.1 Å². The lowest BCUT2D eigenvalue weighted by atomic mass is 9.99. The molecular formula is C16H20FN3. The highest BCUT2D eigenvalue weighted by Crippen LogP contribution is 2.31. The maximum absolute atomic E-state index is 14.3. The van der Waals surface area contributed by atoms with Gasteiger partial charge in [-0.3, -0.25) is 0 Å². The second-order valence-corrected chi connectivity index (χ2v) is 5.06. The van der Waals surface area contributed by atoms with Crippen LogP contribution >= 0.6 is 0 Å². The van der Waals surface area contributed by atoms with Crippen molar-refractivity contribution in [3.63, 3.8) is 0 Å². The first-order valence-corrected chi connectivity index (χ1v) is 6.80. The van der Waals surface area contributed by atoms with E-state index >= 15 is 0 Å². The Labute approximate surface area is 119 Å². The Morgan fingerprint density at radius 1 is 1.10 bits per heavy atom. The second kappa shape index (κ2) is 5.57. The molecule has 0 bridgehead atoms. The first-order chi connectivity index (χ1) is 9.43. The summed E-state index contributed by atoms with van der Waals surface area (Å²) in [6.45, 7) is 10.3. The van der Waals surface area contributed by atoms with Crippen LogP contribution in [-0.4, -0.2) is 16.5 Å². The van der Waals surface area contributed by atoms with Crippen molar-refractivity contribution in [2.45, 2.75) is 34.6 Å². The van der Waals surface area contributed by atoms with E-state index in [1.807, 2.05) is 40.7 Å². The van der Waals surface area contributed by atoms with Gasteiger partial charge in [-0.1, -0.05) is 6.07 Å². The summed E-state index contributed by atoms with van der Waals surface area (Å²) in [5, 5.41) is 3.20. The molecule has 2 rings (SSSR count). The van der Waals surface area contributed by atoms with Gasteiger partial charge in [0.05, 0.1) is 5.69 Å². The average Bonchev–Trinajstić information content (AvgIpc) is 2.33. The van der Waals surface area contributed by atoms with Crippen LogP contribution < -0.4 is 5.32 Å². The standard InChI is InChI=1S/C16H20FN3/c1-6-18-16-11(4)15(19-12(5)20-16)14-10(3)7-9(2)8-13(14)17/h7-8H,6H2,1-5H3,(H,18,19,20). The molecule has 3 nitrogen and oxygen atoms in total. The molecule has 0 aliphatic heterocycles. The zero-order valence-electron chi connectivity index (χ0n) is 12.6. The number of hydrogen-bond donors (Lipinski definition) is 1. The van der Waals surface area contributed by atoms with Crippen molar-refractivity contribution in [3.8, 4) is 11.3 Å². The quantitative estimate of drug-likeness (QED) is 0.920. The smallest absolute Gasteiger partial charge is 0.133 e. The first kappa shape index (κ1) is 14.4. The molecule has 1 aromatic carbocycles. The van der Waals surface area contributed by atoms with Gasteiger partial charge in [-0.2, -0.15) is 0 Å². The van der Waals surface area contributed by atoms with Gasteiger partial charge in [-0.05, 0) is 51.8 Å². The van der Waals surface area contributed by atoms with Crippen LogP contribution in [0.2, 0.25) is 0 Å². The third-order valence-electron chi connectivity index (χ3n) is 3.27. The minimum atomic E-state index is -0.230. The van der Waals surface area contributed by atoms with E-state index in [0.29, 0.717) is 17.1 Å². The van der Waals surface area contributed by atoms with Crippen molar-refractivity contribution in [2.24, 2.45) is 0 Å². The van der Waals surface area contributed by atoms with Gasteiger partial charge < -0.3 is 5.32 Å². The van der Waals surface area contributed by atoms with Gasteiger partial charge in [0.2, 0.25) is 0 Å². The number of aryl methyl sites for hydroxylation is 3. The zero-order valence-corrected chi connectivity index (χ0v) is 12.6. The fourth-order valence-corrected chi connectivity index (χ4v) is 2.43. The molecule has 1 heterocycles. The highest BCUT2D eigenvalue weighted by atomic mass is 19.1. The molecule has 106 valence electrons. The van der Waals surface area contributed by atoms with Gasteiger partial charge in [0.15, 0.2) is 0 Å². The van der Waals surface area contributed by atoms with E-state index in [-0.39, 0.29) is 5.82 Å². The van der Waals surface area contributed by atoms with E-state index < -0.39 is 0 Å². The van der Waals surface area contributed by atoms with Crippen molar-refractivity contribution < 1.29 is 4.39 Å². The minimum absolute atomic E-state index is 0.230.